The normalized spacial score (nSPS) is 11.5. The molecule has 9 heteroatoms. The highest BCUT2D eigenvalue weighted by atomic mass is 35.5. The summed E-state index contributed by atoms with van der Waals surface area (Å²) in [6.07, 6.45) is 0.646. The Kier molecular flexibility index (Phi) is 4.97. The summed E-state index contributed by atoms with van der Waals surface area (Å²) in [5.74, 6) is 0.488. The second kappa shape index (κ2) is 7.05. The minimum atomic E-state index is -3.97. The van der Waals surface area contributed by atoms with Crippen LogP contribution in [0.3, 0.4) is 0 Å². The van der Waals surface area contributed by atoms with Crippen LogP contribution in [0.25, 0.3) is 11.0 Å². The predicted octanol–water partition coefficient (Wildman–Crippen LogP) is 3.86. The predicted molar refractivity (Wildman–Crippen MR) is 98.8 cm³/mol. The summed E-state index contributed by atoms with van der Waals surface area (Å²) in [5.41, 5.74) is 1.50. The van der Waals surface area contributed by atoms with Gasteiger partial charge < -0.3 is 14.0 Å². The monoisotopic (exact) mass is 396 g/mol. The largest absolute Gasteiger partial charge is 0.495 e. The summed E-state index contributed by atoms with van der Waals surface area (Å²) in [7, 11) is -1.14. The fraction of sp³-hybridized carbons (Fsp3) is 0.235. The van der Waals surface area contributed by atoms with Crippen molar-refractivity contribution >= 4 is 38.3 Å². The number of hydrogen-bond donors (Lipinski definition) is 1. The number of aromatic nitrogens is 1. The Morgan fingerprint density at radius 3 is 2.54 bits per heavy atom. The van der Waals surface area contributed by atoms with Gasteiger partial charge in [-0.2, -0.15) is 0 Å². The molecule has 0 aliphatic rings. The van der Waals surface area contributed by atoms with Gasteiger partial charge in [0.2, 0.25) is 0 Å². The number of rotatable bonds is 6. The van der Waals surface area contributed by atoms with Gasteiger partial charge in [0.05, 0.1) is 25.6 Å². The van der Waals surface area contributed by atoms with Gasteiger partial charge in [-0.25, -0.2) is 8.42 Å². The molecule has 26 heavy (non-hydrogen) atoms. The number of sulfonamides is 1. The third-order valence-corrected chi connectivity index (χ3v) is 5.48. The molecule has 2 aromatic carbocycles. The van der Waals surface area contributed by atoms with Gasteiger partial charge in [0.15, 0.2) is 5.58 Å². The zero-order valence-corrected chi connectivity index (χ0v) is 15.9. The van der Waals surface area contributed by atoms with Crippen molar-refractivity contribution in [1.82, 2.24) is 5.16 Å². The molecule has 1 aromatic heterocycles. The van der Waals surface area contributed by atoms with E-state index in [0.717, 1.165) is 5.69 Å². The summed E-state index contributed by atoms with van der Waals surface area (Å²) < 4.78 is 44.0. The maximum Gasteiger partial charge on any atom is 0.265 e. The molecule has 0 saturated carbocycles. The van der Waals surface area contributed by atoms with E-state index in [9.17, 15) is 8.42 Å². The van der Waals surface area contributed by atoms with E-state index in [4.69, 9.17) is 25.6 Å². The number of fused-ring (bicyclic) bond motifs is 1. The molecular formula is C17H17ClN2O5S. The minimum absolute atomic E-state index is 0.0734. The van der Waals surface area contributed by atoms with Gasteiger partial charge in [-0.1, -0.05) is 23.7 Å². The molecule has 0 aliphatic carbocycles. The number of halogens is 1. The fourth-order valence-electron chi connectivity index (χ4n) is 2.58. The van der Waals surface area contributed by atoms with Gasteiger partial charge in [0, 0.05) is 16.5 Å². The molecular weight excluding hydrogens is 380 g/mol. The van der Waals surface area contributed by atoms with Crippen LogP contribution in [0.2, 0.25) is 5.02 Å². The van der Waals surface area contributed by atoms with E-state index in [-0.39, 0.29) is 21.4 Å². The van der Waals surface area contributed by atoms with E-state index >= 15 is 0 Å². The highest BCUT2D eigenvalue weighted by Crippen LogP contribution is 2.35. The molecule has 3 aromatic rings. The maximum atomic E-state index is 12.9. The van der Waals surface area contributed by atoms with Crippen molar-refractivity contribution < 1.29 is 22.4 Å². The lowest BCUT2D eigenvalue weighted by atomic mass is 10.1. The lowest BCUT2D eigenvalue weighted by Gasteiger charge is -2.14. The second-order valence-electron chi connectivity index (χ2n) is 5.43. The standard InChI is InChI=1S/C17H17ClN2O5S/c1-4-12-11-8-13(16(24-3)9-15(11)25-19-12)20-26(21,22)17-7-10(18)5-6-14(17)23-2/h5-9,20H,4H2,1-3H3. The second-order valence-corrected chi connectivity index (χ2v) is 7.52. The first-order valence-electron chi connectivity index (χ1n) is 7.72. The Morgan fingerprint density at radius 2 is 1.88 bits per heavy atom. The average molecular weight is 397 g/mol. The Labute approximate surface area is 155 Å². The number of nitrogens with one attached hydrogen (secondary N) is 1. The van der Waals surface area contributed by atoms with Crippen molar-refractivity contribution in [2.75, 3.05) is 18.9 Å². The van der Waals surface area contributed by atoms with Crippen LogP contribution in [0.5, 0.6) is 11.5 Å². The molecule has 138 valence electrons. The number of methoxy groups -OCH3 is 2. The zero-order chi connectivity index (χ0) is 18.9. The summed E-state index contributed by atoms with van der Waals surface area (Å²) in [5, 5.41) is 4.97. The first-order chi connectivity index (χ1) is 12.4. The van der Waals surface area contributed by atoms with Crippen LogP contribution < -0.4 is 14.2 Å². The number of nitrogens with zero attached hydrogens (tertiary/aromatic N) is 1. The van der Waals surface area contributed by atoms with Gasteiger partial charge in [-0.3, -0.25) is 4.72 Å². The van der Waals surface area contributed by atoms with Gasteiger partial charge in [0.1, 0.15) is 16.4 Å². The lowest BCUT2D eigenvalue weighted by molar-refractivity contribution is 0.403. The van der Waals surface area contributed by atoms with Crippen LogP contribution in [0.4, 0.5) is 5.69 Å². The molecule has 7 nitrogen and oxygen atoms in total. The topological polar surface area (TPSA) is 90.7 Å². The van der Waals surface area contributed by atoms with Crippen molar-refractivity contribution in [1.29, 1.82) is 0 Å². The van der Waals surface area contributed by atoms with Crippen molar-refractivity contribution in [3.63, 3.8) is 0 Å². The fourth-order valence-corrected chi connectivity index (χ4v) is 4.07. The Bertz CT molecular complexity index is 1060. The van der Waals surface area contributed by atoms with E-state index in [1.165, 1.54) is 26.4 Å². The molecule has 3 rings (SSSR count). The molecule has 0 amide bonds. The van der Waals surface area contributed by atoms with Crippen molar-refractivity contribution in [2.24, 2.45) is 0 Å². The van der Waals surface area contributed by atoms with Crippen molar-refractivity contribution in [3.8, 4) is 11.5 Å². The molecule has 0 saturated heterocycles. The summed E-state index contributed by atoms with van der Waals surface area (Å²) >= 11 is 5.95. The molecule has 0 bridgehead atoms. The minimum Gasteiger partial charge on any atom is -0.495 e. The number of ether oxygens (including phenoxy) is 2. The van der Waals surface area contributed by atoms with E-state index in [0.29, 0.717) is 23.1 Å². The van der Waals surface area contributed by atoms with Crippen LogP contribution in [0.15, 0.2) is 39.8 Å². The first kappa shape index (κ1) is 18.3. The highest BCUT2D eigenvalue weighted by molar-refractivity contribution is 7.92. The van der Waals surface area contributed by atoms with Crippen molar-refractivity contribution in [3.05, 3.63) is 41.0 Å². The van der Waals surface area contributed by atoms with E-state index in [2.05, 4.69) is 9.88 Å². The van der Waals surface area contributed by atoms with Gasteiger partial charge in [0.25, 0.3) is 10.0 Å². The van der Waals surface area contributed by atoms with E-state index < -0.39 is 10.0 Å². The van der Waals surface area contributed by atoms with E-state index in [1.807, 2.05) is 6.92 Å². The number of benzene rings is 2. The van der Waals surface area contributed by atoms with Crippen LogP contribution in [0, 0.1) is 0 Å². The summed E-state index contributed by atoms with van der Waals surface area (Å²) in [6, 6.07) is 7.60. The molecule has 1 heterocycles. The Morgan fingerprint density at radius 1 is 1.15 bits per heavy atom. The quantitative estimate of drug-likeness (QED) is 0.680. The number of anilines is 1. The smallest absolute Gasteiger partial charge is 0.265 e. The number of aryl methyl sites for hydroxylation is 1. The molecule has 0 spiro atoms. The molecule has 1 N–H and O–H groups in total. The highest BCUT2D eigenvalue weighted by Gasteiger charge is 2.23. The third-order valence-electron chi connectivity index (χ3n) is 3.86. The molecule has 0 fully saturated rings. The molecule has 0 unspecified atom stereocenters. The third kappa shape index (κ3) is 3.30. The van der Waals surface area contributed by atoms with Crippen molar-refractivity contribution in [2.45, 2.75) is 18.2 Å². The van der Waals surface area contributed by atoms with Crippen LogP contribution >= 0.6 is 11.6 Å². The lowest BCUT2D eigenvalue weighted by Crippen LogP contribution is -2.14. The Balaban J connectivity index is 2.11. The van der Waals surface area contributed by atoms with E-state index in [1.54, 1.807) is 18.2 Å². The zero-order valence-electron chi connectivity index (χ0n) is 14.4. The van der Waals surface area contributed by atoms with Crippen LogP contribution in [-0.4, -0.2) is 27.8 Å². The average Bonchev–Trinajstić information content (AvgIpc) is 3.02. The van der Waals surface area contributed by atoms with Crippen LogP contribution in [0.1, 0.15) is 12.6 Å². The molecule has 0 radical (unpaired) electrons. The van der Waals surface area contributed by atoms with Gasteiger partial charge in [-0.05, 0) is 30.7 Å². The summed E-state index contributed by atoms with van der Waals surface area (Å²) in [6.45, 7) is 1.93. The van der Waals surface area contributed by atoms with Gasteiger partial charge >= 0.3 is 0 Å². The molecule has 0 aliphatic heterocycles. The van der Waals surface area contributed by atoms with Gasteiger partial charge in [-0.15, -0.1) is 0 Å². The Hall–Kier alpha value is -2.45. The summed E-state index contributed by atoms with van der Waals surface area (Å²) in [4.78, 5) is -0.0734. The van der Waals surface area contributed by atoms with Crippen LogP contribution in [-0.2, 0) is 16.4 Å². The first-order valence-corrected chi connectivity index (χ1v) is 9.58. The molecule has 0 atom stereocenters. The number of hydrogen-bond acceptors (Lipinski definition) is 6. The SMILES string of the molecule is CCc1noc2cc(OC)c(NS(=O)(=O)c3cc(Cl)ccc3OC)cc12. The maximum absolute atomic E-state index is 12.9.